The zero-order valence-electron chi connectivity index (χ0n) is 12.1. The Morgan fingerprint density at radius 3 is 2.58 bits per heavy atom. The Balaban J connectivity index is 2.62. The van der Waals surface area contributed by atoms with Crippen molar-refractivity contribution in [2.75, 3.05) is 27.4 Å². The van der Waals surface area contributed by atoms with Gasteiger partial charge in [0.2, 0.25) is 5.91 Å². The highest BCUT2D eigenvalue weighted by Crippen LogP contribution is 2.15. The SMILES string of the molecule is CNC1COCC1C(=O)NC(CC(C)C)C(=O)OC. The number of methoxy groups -OCH3 is 1. The van der Waals surface area contributed by atoms with Crippen LogP contribution in [-0.2, 0) is 19.1 Å². The zero-order valence-corrected chi connectivity index (χ0v) is 12.1. The molecule has 0 spiro atoms. The Hall–Kier alpha value is -1.14. The quantitative estimate of drug-likeness (QED) is 0.662. The molecule has 0 aliphatic carbocycles. The monoisotopic (exact) mass is 272 g/mol. The van der Waals surface area contributed by atoms with E-state index >= 15 is 0 Å². The second-order valence-corrected chi connectivity index (χ2v) is 5.25. The van der Waals surface area contributed by atoms with Crippen LogP contribution in [0.25, 0.3) is 0 Å². The van der Waals surface area contributed by atoms with Crippen LogP contribution in [0.1, 0.15) is 20.3 Å². The average molecular weight is 272 g/mol. The van der Waals surface area contributed by atoms with Crippen LogP contribution in [-0.4, -0.2) is 51.3 Å². The molecule has 2 N–H and O–H groups in total. The number of carbonyl (C=O) groups excluding carboxylic acids is 2. The fourth-order valence-corrected chi connectivity index (χ4v) is 2.20. The highest BCUT2D eigenvalue weighted by Gasteiger charge is 2.35. The first kappa shape index (κ1) is 15.9. The zero-order chi connectivity index (χ0) is 14.4. The van der Waals surface area contributed by atoms with E-state index in [1.807, 2.05) is 13.8 Å². The van der Waals surface area contributed by atoms with Gasteiger partial charge in [0.1, 0.15) is 6.04 Å². The molecule has 110 valence electrons. The first-order valence-electron chi connectivity index (χ1n) is 6.62. The van der Waals surface area contributed by atoms with E-state index in [0.29, 0.717) is 25.6 Å². The van der Waals surface area contributed by atoms with Crippen molar-refractivity contribution >= 4 is 11.9 Å². The summed E-state index contributed by atoms with van der Waals surface area (Å²) in [6.07, 6.45) is 0.566. The van der Waals surface area contributed by atoms with Gasteiger partial charge in [-0.05, 0) is 19.4 Å². The molecule has 1 heterocycles. The van der Waals surface area contributed by atoms with Crippen LogP contribution in [0.3, 0.4) is 0 Å². The van der Waals surface area contributed by atoms with Gasteiger partial charge in [-0.25, -0.2) is 4.79 Å². The molecule has 6 nitrogen and oxygen atoms in total. The van der Waals surface area contributed by atoms with Crippen LogP contribution in [0.5, 0.6) is 0 Å². The van der Waals surface area contributed by atoms with Crippen LogP contribution in [0.15, 0.2) is 0 Å². The van der Waals surface area contributed by atoms with Gasteiger partial charge in [0, 0.05) is 6.04 Å². The van der Waals surface area contributed by atoms with E-state index in [-0.39, 0.29) is 17.9 Å². The Bertz CT molecular complexity index is 320. The molecule has 0 radical (unpaired) electrons. The fourth-order valence-electron chi connectivity index (χ4n) is 2.20. The minimum atomic E-state index is -0.587. The van der Waals surface area contributed by atoms with Crippen LogP contribution < -0.4 is 10.6 Å². The second-order valence-electron chi connectivity index (χ2n) is 5.25. The first-order chi connectivity index (χ1) is 8.99. The highest BCUT2D eigenvalue weighted by atomic mass is 16.5. The van der Waals surface area contributed by atoms with Crippen LogP contribution in [0.2, 0.25) is 0 Å². The fraction of sp³-hybridized carbons (Fsp3) is 0.846. The van der Waals surface area contributed by atoms with Gasteiger partial charge in [0.25, 0.3) is 0 Å². The number of hydrogen-bond acceptors (Lipinski definition) is 5. The topological polar surface area (TPSA) is 76.7 Å². The van der Waals surface area contributed by atoms with E-state index in [9.17, 15) is 9.59 Å². The van der Waals surface area contributed by atoms with Crippen molar-refractivity contribution in [2.45, 2.75) is 32.4 Å². The van der Waals surface area contributed by atoms with Gasteiger partial charge in [-0.2, -0.15) is 0 Å². The molecule has 0 aromatic carbocycles. The Morgan fingerprint density at radius 1 is 1.37 bits per heavy atom. The molecule has 1 aliphatic heterocycles. The molecule has 1 aliphatic rings. The molecule has 0 aromatic rings. The van der Waals surface area contributed by atoms with Gasteiger partial charge >= 0.3 is 5.97 Å². The third-order valence-electron chi connectivity index (χ3n) is 3.30. The summed E-state index contributed by atoms with van der Waals surface area (Å²) < 4.78 is 10.0. The Morgan fingerprint density at radius 2 is 2.05 bits per heavy atom. The van der Waals surface area contributed by atoms with Gasteiger partial charge < -0.3 is 20.1 Å². The number of rotatable bonds is 6. The van der Waals surface area contributed by atoms with Crippen molar-refractivity contribution < 1.29 is 19.1 Å². The van der Waals surface area contributed by atoms with Crippen molar-refractivity contribution in [2.24, 2.45) is 11.8 Å². The molecule has 1 rings (SSSR count). The van der Waals surface area contributed by atoms with E-state index < -0.39 is 12.0 Å². The number of esters is 1. The van der Waals surface area contributed by atoms with E-state index in [2.05, 4.69) is 10.6 Å². The van der Waals surface area contributed by atoms with Crippen LogP contribution >= 0.6 is 0 Å². The van der Waals surface area contributed by atoms with Gasteiger partial charge in [-0.1, -0.05) is 13.8 Å². The van der Waals surface area contributed by atoms with Crippen molar-refractivity contribution in [1.82, 2.24) is 10.6 Å². The molecule has 6 heteroatoms. The molecule has 1 fully saturated rings. The average Bonchev–Trinajstić information content (AvgIpc) is 2.84. The predicted octanol–water partition coefficient (Wildman–Crippen LogP) is -0.0753. The molecule has 0 saturated carbocycles. The van der Waals surface area contributed by atoms with Crippen LogP contribution in [0, 0.1) is 11.8 Å². The second kappa shape index (κ2) is 7.45. The minimum absolute atomic E-state index is 0.00246. The Labute approximate surface area is 114 Å². The van der Waals surface area contributed by atoms with E-state index in [4.69, 9.17) is 9.47 Å². The lowest BCUT2D eigenvalue weighted by Gasteiger charge is -2.22. The molecule has 3 unspecified atom stereocenters. The maximum absolute atomic E-state index is 12.2. The van der Waals surface area contributed by atoms with Crippen molar-refractivity contribution in [3.05, 3.63) is 0 Å². The molecule has 19 heavy (non-hydrogen) atoms. The summed E-state index contributed by atoms with van der Waals surface area (Å²) in [5.41, 5.74) is 0. The number of carbonyl (C=O) groups is 2. The lowest BCUT2D eigenvalue weighted by Crippen LogP contribution is -2.49. The van der Waals surface area contributed by atoms with Crippen molar-refractivity contribution in [3.63, 3.8) is 0 Å². The molecule has 1 saturated heterocycles. The normalized spacial score (nSPS) is 24.3. The Kier molecular flexibility index (Phi) is 6.24. The van der Waals surface area contributed by atoms with Gasteiger partial charge in [0.15, 0.2) is 0 Å². The number of hydrogen-bond donors (Lipinski definition) is 2. The van der Waals surface area contributed by atoms with Gasteiger partial charge in [0.05, 0.1) is 26.2 Å². The maximum atomic E-state index is 12.2. The minimum Gasteiger partial charge on any atom is -0.467 e. The molecule has 0 bridgehead atoms. The first-order valence-corrected chi connectivity index (χ1v) is 6.62. The summed E-state index contributed by atoms with van der Waals surface area (Å²) in [5, 5.41) is 5.82. The molecule has 1 amide bonds. The summed E-state index contributed by atoms with van der Waals surface area (Å²) in [6, 6.07) is -0.590. The van der Waals surface area contributed by atoms with E-state index in [0.717, 1.165) is 0 Å². The summed E-state index contributed by atoms with van der Waals surface area (Å²) in [7, 11) is 3.13. The molecular formula is C13H24N2O4. The predicted molar refractivity (Wildman–Crippen MR) is 70.6 cm³/mol. The third-order valence-corrected chi connectivity index (χ3v) is 3.30. The van der Waals surface area contributed by atoms with Crippen LogP contribution in [0.4, 0.5) is 0 Å². The summed E-state index contributed by atoms with van der Waals surface area (Å²) in [6.45, 7) is 4.89. The van der Waals surface area contributed by atoms with Gasteiger partial charge in [-0.3, -0.25) is 4.79 Å². The van der Waals surface area contributed by atoms with Crippen molar-refractivity contribution in [3.8, 4) is 0 Å². The van der Waals surface area contributed by atoms with E-state index in [1.54, 1.807) is 7.05 Å². The molecule has 3 atom stereocenters. The molecule has 0 aromatic heterocycles. The van der Waals surface area contributed by atoms with Gasteiger partial charge in [-0.15, -0.1) is 0 Å². The number of nitrogens with one attached hydrogen (secondary N) is 2. The lowest BCUT2D eigenvalue weighted by atomic mass is 10.00. The highest BCUT2D eigenvalue weighted by molar-refractivity contribution is 5.86. The molecular weight excluding hydrogens is 248 g/mol. The third kappa shape index (κ3) is 4.47. The summed E-state index contributed by atoms with van der Waals surface area (Å²) >= 11 is 0. The van der Waals surface area contributed by atoms with E-state index in [1.165, 1.54) is 7.11 Å². The standard InChI is InChI=1S/C13H24N2O4/c1-8(2)5-10(13(17)18-4)15-12(16)9-6-19-7-11(9)14-3/h8-11,14H,5-7H2,1-4H3,(H,15,16). The van der Waals surface area contributed by atoms with Crippen molar-refractivity contribution in [1.29, 1.82) is 0 Å². The maximum Gasteiger partial charge on any atom is 0.328 e. The smallest absolute Gasteiger partial charge is 0.328 e. The lowest BCUT2D eigenvalue weighted by molar-refractivity contribution is -0.146. The number of likely N-dealkylation sites (N-methyl/N-ethyl adjacent to an activating group) is 1. The number of amides is 1. The number of ether oxygens (including phenoxy) is 2. The largest absolute Gasteiger partial charge is 0.467 e. The summed E-state index contributed by atoms with van der Waals surface area (Å²) in [4.78, 5) is 23.9. The summed E-state index contributed by atoms with van der Waals surface area (Å²) in [5.74, 6) is -0.525.